The van der Waals surface area contributed by atoms with Crippen LogP contribution in [0.2, 0.25) is 0 Å². The molecule has 0 bridgehead atoms. The third-order valence-electron chi connectivity index (χ3n) is 3.44. The Morgan fingerprint density at radius 2 is 1.94 bits per heavy atom. The molecule has 1 atom stereocenters. The topological polar surface area (TPSA) is 46.6 Å². The molecule has 0 N–H and O–H groups in total. The predicted octanol–water partition coefficient (Wildman–Crippen LogP) is 2.00. The maximum absolute atomic E-state index is 12.1. The lowest BCUT2D eigenvalue weighted by atomic mass is 9.82. The average Bonchev–Trinajstić information content (AvgIpc) is 2.59. The molecule has 1 amide bonds. The van der Waals surface area contributed by atoms with E-state index in [1.54, 1.807) is 13.0 Å². The third-order valence-corrected chi connectivity index (χ3v) is 3.44. The Bertz CT molecular complexity index is 550. The predicted molar refractivity (Wildman–Crippen MR) is 68.1 cm³/mol. The van der Waals surface area contributed by atoms with E-state index in [2.05, 4.69) is 6.58 Å². The summed E-state index contributed by atoms with van der Waals surface area (Å²) in [5.41, 5.74) is 0.875. The number of para-hydroxylation sites is 1. The van der Waals surface area contributed by atoms with Crippen molar-refractivity contribution in [2.45, 2.75) is 19.3 Å². The van der Waals surface area contributed by atoms with Crippen molar-refractivity contribution >= 4 is 17.6 Å². The van der Waals surface area contributed by atoms with Gasteiger partial charge in [0.25, 0.3) is 0 Å². The van der Waals surface area contributed by atoms with E-state index >= 15 is 0 Å². The average molecular weight is 245 g/mol. The molecule has 0 aromatic heterocycles. The molecule has 0 fully saturated rings. The van der Waals surface area contributed by atoms with E-state index in [-0.39, 0.29) is 5.91 Å². The van der Waals surface area contributed by atoms with Gasteiger partial charge in [-0.05, 0) is 18.6 Å². The van der Waals surface area contributed by atoms with Gasteiger partial charge in [0.15, 0.2) is 0 Å². The molecule has 1 aliphatic heterocycles. The number of fused-ring (bicyclic) bond motifs is 1. The molecule has 1 unspecified atom stereocenters. The molecule has 0 saturated heterocycles. The minimum absolute atomic E-state index is 0.167. The Labute approximate surface area is 106 Å². The highest BCUT2D eigenvalue weighted by atomic mass is 16.5. The van der Waals surface area contributed by atoms with Crippen LogP contribution in [0.3, 0.4) is 0 Å². The van der Waals surface area contributed by atoms with E-state index in [0.717, 1.165) is 5.56 Å². The fourth-order valence-electron chi connectivity index (χ4n) is 2.41. The van der Waals surface area contributed by atoms with Crippen LogP contribution in [-0.2, 0) is 19.7 Å². The zero-order valence-corrected chi connectivity index (χ0v) is 10.7. The first-order valence-corrected chi connectivity index (χ1v) is 5.62. The van der Waals surface area contributed by atoms with Crippen molar-refractivity contribution in [3.8, 4) is 0 Å². The molecule has 1 aromatic rings. The fourth-order valence-corrected chi connectivity index (χ4v) is 2.41. The molecule has 0 saturated carbocycles. The van der Waals surface area contributed by atoms with Gasteiger partial charge in [-0.25, -0.2) is 0 Å². The van der Waals surface area contributed by atoms with Crippen molar-refractivity contribution in [1.82, 2.24) is 0 Å². The Hall–Kier alpha value is -2.10. The molecular formula is C14H15NO3. The first kappa shape index (κ1) is 12.4. The number of hydrogen-bond acceptors (Lipinski definition) is 3. The van der Waals surface area contributed by atoms with Gasteiger partial charge < -0.3 is 4.74 Å². The van der Waals surface area contributed by atoms with E-state index in [9.17, 15) is 9.59 Å². The number of carbonyl (C=O) groups is 2. The molecule has 1 heterocycles. The van der Waals surface area contributed by atoms with E-state index in [4.69, 9.17) is 4.74 Å². The van der Waals surface area contributed by atoms with Gasteiger partial charge in [-0.2, -0.15) is 0 Å². The quantitative estimate of drug-likeness (QED) is 0.711. The van der Waals surface area contributed by atoms with Crippen molar-refractivity contribution in [2.75, 3.05) is 12.0 Å². The lowest BCUT2D eigenvalue weighted by Gasteiger charge is -2.25. The SMILES string of the molecule is C=C1N(C(C)=O)c2ccccc2C1(C)C(=O)OC. The summed E-state index contributed by atoms with van der Waals surface area (Å²) in [5.74, 6) is -0.580. The summed E-state index contributed by atoms with van der Waals surface area (Å²) in [6, 6.07) is 7.28. The molecule has 0 spiro atoms. The van der Waals surface area contributed by atoms with Crippen molar-refractivity contribution in [2.24, 2.45) is 0 Å². The Morgan fingerprint density at radius 1 is 1.33 bits per heavy atom. The largest absolute Gasteiger partial charge is 0.468 e. The molecule has 94 valence electrons. The number of hydrogen-bond donors (Lipinski definition) is 0. The monoisotopic (exact) mass is 245 g/mol. The van der Waals surface area contributed by atoms with Crippen molar-refractivity contribution in [1.29, 1.82) is 0 Å². The van der Waals surface area contributed by atoms with Crippen LogP contribution in [0.4, 0.5) is 5.69 Å². The molecule has 18 heavy (non-hydrogen) atoms. The summed E-state index contributed by atoms with van der Waals surface area (Å²) in [6.07, 6.45) is 0. The van der Waals surface area contributed by atoms with E-state index in [0.29, 0.717) is 11.4 Å². The first-order chi connectivity index (χ1) is 8.44. The van der Waals surface area contributed by atoms with Gasteiger partial charge in [-0.15, -0.1) is 0 Å². The van der Waals surface area contributed by atoms with Crippen LogP contribution < -0.4 is 4.90 Å². The minimum atomic E-state index is -1.00. The highest BCUT2D eigenvalue weighted by Crippen LogP contribution is 2.47. The van der Waals surface area contributed by atoms with Gasteiger partial charge in [0, 0.05) is 12.6 Å². The number of benzene rings is 1. The van der Waals surface area contributed by atoms with Gasteiger partial charge in [0.2, 0.25) is 5.91 Å². The van der Waals surface area contributed by atoms with Crippen LogP contribution in [0.1, 0.15) is 19.4 Å². The number of rotatable bonds is 1. The number of nitrogens with zero attached hydrogens (tertiary/aromatic N) is 1. The zero-order chi connectivity index (χ0) is 13.5. The van der Waals surface area contributed by atoms with E-state index in [1.807, 2.05) is 18.2 Å². The minimum Gasteiger partial charge on any atom is -0.468 e. The molecule has 0 radical (unpaired) electrons. The molecule has 4 heteroatoms. The van der Waals surface area contributed by atoms with Gasteiger partial charge >= 0.3 is 5.97 Å². The van der Waals surface area contributed by atoms with Crippen LogP contribution in [0.5, 0.6) is 0 Å². The number of esters is 1. The van der Waals surface area contributed by atoms with Crippen LogP contribution in [-0.4, -0.2) is 19.0 Å². The molecule has 1 aromatic carbocycles. The zero-order valence-electron chi connectivity index (χ0n) is 10.7. The van der Waals surface area contributed by atoms with Crippen LogP contribution >= 0.6 is 0 Å². The summed E-state index contributed by atoms with van der Waals surface area (Å²) < 4.78 is 4.85. The first-order valence-electron chi connectivity index (χ1n) is 5.62. The van der Waals surface area contributed by atoms with E-state index < -0.39 is 11.4 Å². The molecule has 4 nitrogen and oxygen atoms in total. The van der Waals surface area contributed by atoms with Gasteiger partial charge in [-0.3, -0.25) is 14.5 Å². The molecule has 1 aliphatic rings. The molecule has 2 rings (SSSR count). The summed E-state index contributed by atoms with van der Waals surface area (Å²) in [4.78, 5) is 25.3. The highest BCUT2D eigenvalue weighted by Gasteiger charge is 2.50. The van der Waals surface area contributed by atoms with Crippen LogP contribution in [0, 0.1) is 0 Å². The van der Waals surface area contributed by atoms with Crippen LogP contribution in [0.15, 0.2) is 36.5 Å². The Kier molecular flexibility index (Phi) is 2.73. The summed E-state index contributed by atoms with van der Waals surface area (Å²) in [6.45, 7) is 7.07. The lowest BCUT2D eigenvalue weighted by Crippen LogP contribution is -2.37. The van der Waals surface area contributed by atoms with Crippen molar-refractivity contribution in [3.05, 3.63) is 42.1 Å². The summed E-state index contributed by atoms with van der Waals surface area (Å²) in [7, 11) is 1.33. The Morgan fingerprint density at radius 3 is 2.50 bits per heavy atom. The number of amides is 1. The fraction of sp³-hybridized carbons (Fsp3) is 0.286. The van der Waals surface area contributed by atoms with Crippen molar-refractivity contribution in [3.63, 3.8) is 0 Å². The summed E-state index contributed by atoms with van der Waals surface area (Å²) >= 11 is 0. The lowest BCUT2D eigenvalue weighted by molar-refractivity contribution is -0.145. The standard InChI is InChI=1S/C14H15NO3/c1-9-14(3,13(17)18-4)11-7-5-6-8-12(11)15(9)10(2)16/h5-8H,1H2,2-4H3. The smallest absolute Gasteiger partial charge is 0.322 e. The number of carbonyl (C=O) groups excluding carboxylic acids is 2. The molecular weight excluding hydrogens is 230 g/mol. The second-order valence-electron chi connectivity index (χ2n) is 4.43. The highest BCUT2D eigenvalue weighted by molar-refractivity contribution is 6.05. The van der Waals surface area contributed by atoms with Gasteiger partial charge in [-0.1, -0.05) is 24.8 Å². The maximum atomic E-state index is 12.1. The van der Waals surface area contributed by atoms with Gasteiger partial charge in [0.1, 0.15) is 5.41 Å². The van der Waals surface area contributed by atoms with Crippen molar-refractivity contribution < 1.29 is 14.3 Å². The number of methoxy groups -OCH3 is 1. The maximum Gasteiger partial charge on any atom is 0.322 e. The Balaban J connectivity index is 2.69. The van der Waals surface area contributed by atoms with E-state index in [1.165, 1.54) is 18.9 Å². The van der Waals surface area contributed by atoms with Gasteiger partial charge in [0.05, 0.1) is 12.8 Å². The number of ether oxygens (including phenoxy) is 1. The van der Waals surface area contributed by atoms with Crippen LogP contribution in [0.25, 0.3) is 0 Å². The second kappa shape index (κ2) is 3.98. The number of anilines is 1. The normalized spacial score (nSPS) is 21.7. The summed E-state index contributed by atoms with van der Waals surface area (Å²) in [5, 5.41) is 0. The molecule has 0 aliphatic carbocycles. The third kappa shape index (κ3) is 1.38. The second-order valence-corrected chi connectivity index (χ2v) is 4.43.